The SMILES string of the molecule is CC(C)[C@@H]1CC[C@H]2OCC[C@]2(C(=O)O)C1. The smallest absolute Gasteiger partial charge is 0.312 e. The minimum absolute atomic E-state index is 0.0231. The topological polar surface area (TPSA) is 46.5 Å². The van der Waals surface area contributed by atoms with Gasteiger partial charge in [0.15, 0.2) is 0 Å². The Kier molecular flexibility index (Phi) is 2.75. The van der Waals surface area contributed by atoms with E-state index in [1.165, 1.54) is 0 Å². The van der Waals surface area contributed by atoms with Gasteiger partial charge in [0.05, 0.1) is 11.5 Å². The highest BCUT2D eigenvalue weighted by molar-refractivity contribution is 5.76. The molecule has 86 valence electrons. The van der Waals surface area contributed by atoms with Gasteiger partial charge in [-0.05, 0) is 37.5 Å². The number of ether oxygens (including phenoxy) is 1. The molecule has 0 bridgehead atoms. The molecule has 15 heavy (non-hydrogen) atoms. The first-order valence-corrected chi connectivity index (χ1v) is 5.91. The Bertz CT molecular complexity index is 262. The molecule has 0 aromatic heterocycles. The van der Waals surface area contributed by atoms with Crippen LogP contribution in [-0.4, -0.2) is 23.8 Å². The molecule has 3 heteroatoms. The number of hydrogen-bond donors (Lipinski definition) is 1. The van der Waals surface area contributed by atoms with Crippen molar-refractivity contribution >= 4 is 5.97 Å². The van der Waals surface area contributed by atoms with E-state index in [9.17, 15) is 9.90 Å². The maximum atomic E-state index is 11.4. The molecule has 2 fully saturated rings. The molecule has 1 saturated carbocycles. The first-order chi connectivity index (χ1) is 7.06. The lowest BCUT2D eigenvalue weighted by Gasteiger charge is -2.40. The van der Waals surface area contributed by atoms with Crippen LogP contribution in [0.25, 0.3) is 0 Å². The van der Waals surface area contributed by atoms with Crippen molar-refractivity contribution in [2.45, 2.75) is 45.6 Å². The molecule has 1 aliphatic heterocycles. The molecular formula is C12H20O3. The van der Waals surface area contributed by atoms with Crippen LogP contribution in [0, 0.1) is 17.3 Å². The largest absolute Gasteiger partial charge is 0.481 e. The molecule has 1 aliphatic carbocycles. The summed E-state index contributed by atoms with van der Waals surface area (Å²) >= 11 is 0. The maximum Gasteiger partial charge on any atom is 0.312 e. The highest BCUT2D eigenvalue weighted by Gasteiger charge is 2.53. The zero-order chi connectivity index (χ0) is 11.1. The van der Waals surface area contributed by atoms with Gasteiger partial charge in [0.2, 0.25) is 0 Å². The van der Waals surface area contributed by atoms with E-state index in [0.29, 0.717) is 24.9 Å². The molecule has 2 aliphatic rings. The summed E-state index contributed by atoms with van der Waals surface area (Å²) in [4.78, 5) is 11.4. The summed E-state index contributed by atoms with van der Waals surface area (Å²) in [6.45, 7) is 5.01. The van der Waals surface area contributed by atoms with Crippen molar-refractivity contribution in [1.82, 2.24) is 0 Å². The summed E-state index contributed by atoms with van der Waals surface area (Å²) in [6.07, 6.45) is 3.54. The lowest BCUT2D eigenvalue weighted by Crippen LogP contribution is -2.44. The van der Waals surface area contributed by atoms with Crippen molar-refractivity contribution in [3.63, 3.8) is 0 Å². The van der Waals surface area contributed by atoms with Gasteiger partial charge >= 0.3 is 5.97 Å². The lowest BCUT2D eigenvalue weighted by molar-refractivity contribution is -0.157. The first-order valence-electron chi connectivity index (χ1n) is 5.91. The summed E-state index contributed by atoms with van der Waals surface area (Å²) in [6, 6.07) is 0. The molecular weight excluding hydrogens is 192 g/mol. The minimum Gasteiger partial charge on any atom is -0.481 e. The van der Waals surface area contributed by atoms with Crippen LogP contribution in [0.5, 0.6) is 0 Å². The van der Waals surface area contributed by atoms with Crippen LogP contribution in [0.3, 0.4) is 0 Å². The third-order valence-electron chi connectivity index (χ3n) is 4.28. The third kappa shape index (κ3) is 1.67. The van der Waals surface area contributed by atoms with Crippen LogP contribution < -0.4 is 0 Å². The summed E-state index contributed by atoms with van der Waals surface area (Å²) < 4.78 is 5.57. The van der Waals surface area contributed by atoms with Crippen LogP contribution in [0.2, 0.25) is 0 Å². The molecule has 3 atom stereocenters. The van der Waals surface area contributed by atoms with Crippen LogP contribution >= 0.6 is 0 Å². The van der Waals surface area contributed by atoms with Gasteiger partial charge in [-0.15, -0.1) is 0 Å². The Hall–Kier alpha value is -0.570. The number of carboxylic acids is 1. The Morgan fingerprint density at radius 3 is 2.80 bits per heavy atom. The van der Waals surface area contributed by atoms with Crippen molar-refractivity contribution in [2.75, 3.05) is 6.61 Å². The van der Waals surface area contributed by atoms with Gasteiger partial charge in [-0.25, -0.2) is 0 Å². The molecule has 1 N–H and O–H groups in total. The van der Waals surface area contributed by atoms with Crippen LogP contribution in [-0.2, 0) is 9.53 Å². The van der Waals surface area contributed by atoms with Crippen molar-refractivity contribution < 1.29 is 14.6 Å². The minimum atomic E-state index is -0.643. The van der Waals surface area contributed by atoms with Crippen molar-refractivity contribution in [3.8, 4) is 0 Å². The van der Waals surface area contributed by atoms with Crippen LogP contribution in [0.15, 0.2) is 0 Å². The summed E-state index contributed by atoms with van der Waals surface area (Å²) in [5.74, 6) is 0.497. The molecule has 0 aromatic carbocycles. The zero-order valence-corrected chi connectivity index (χ0v) is 9.53. The number of hydrogen-bond acceptors (Lipinski definition) is 2. The van der Waals surface area contributed by atoms with Crippen molar-refractivity contribution in [1.29, 1.82) is 0 Å². The molecule has 0 spiro atoms. The molecule has 3 nitrogen and oxygen atoms in total. The molecule has 0 amide bonds. The predicted molar refractivity (Wildman–Crippen MR) is 56.6 cm³/mol. The summed E-state index contributed by atoms with van der Waals surface area (Å²) in [5, 5.41) is 9.42. The van der Waals surface area contributed by atoms with Crippen molar-refractivity contribution in [2.24, 2.45) is 17.3 Å². The van der Waals surface area contributed by atoms with Gasteiger partial charge in [0.25, 0.3) is 0 Å². The Morgan fingerprint density at radius 2 is 2.20 bits per heavy atom. The van der Waals surface area contributed by atoms with Crippen LogP contribution in [0.4, 0.5) is 0 Å². The van der Waals surface area contributed by atoms with E-state index in [1.807, 2.05) is 0 Å². The average molecular weight is 212 g/mol. The summed E-state index contributed by atoms with van der Waals surface area (Å²) in [7, 11) is 0. The maximum absolute atomic E-state index is 11.4. The number of carboxylic acid groups (broad SMARTS) is 1. The van der Waals surface area contributed by atoms with Gasteiger partial charge < -0.3 is 9.84 Å². The predicted octanol–water partition coefficient (Wildman–Crippen LogP) is 2.30. The van der Waals surface area contributed by atoms with E-state index in [1.54, 1.807) is 0 Å². The van der Waals surface area contributed by atoms with E-state index < -0.39 is 11.4 Å². The van der Waals surface area contributed by atoms with Gasteiger partial charge in [-0.3, -0.25) is 4.79 Å². The van der Waals surface area contributed by atoms with E-state index in [0.717, 1.165) is 19.3 Å². The fraction of sp³-hybridized carbons (Fsp3) is 0.917. The second kappa shape index (κ2) is 3.78. The molecule has 0 radical (unpaired) electrons. The second-order valence-corrected chi connectivity index (χ2v) is 5.36. The number of carbonyl (C=O) groups is 1. The van der Waals surface area contributed by atoms with E-state index in [2.05, 4.69) is 13.8 Å². The Labute approximate surface area is 90.8 Å². The van der Waals surface area contributed by atoms with Gasteiger partial charge in [-0.1, -0.05) is 13.8 Å². The number of rotatable bonds is 2. The molecule has 2 rings (SSSR count). The summed E-state index contributed by atoms with van der Waals surface area (Å²) in [5.41, 5.74) is -0.562. The monoisotopic (exact) mass is 212 g/mol. The fourth-order valence-corrected chi connectivity index (χ4v) is 3.13. The van der Waals surface area contributed by atoms with Crippen molar-refractivity contribution in [3.05, 3.63) is 0 Å². The quantitative estimate of drug-likeness (QED) is 0.764. The normalized spacial score (nSPS) is 40.5. The molecule has 0 unspecified atom stereocenters. The van der Waals surface area contributed by atoms with E-state index in [-0.39, 0.29) is 6.10 Å². The number of aliphatic carboxylic acids is 1. The lowest BCUT2D eigenvalue weighted by atomic mass is 9.65. The molecule has 0 aromatic rings. The molecule has 1 saturated heterocycles. The van der Waals surface area contributed by atoms with Gasteiger partial charge in [-0.2, -0.15) is 0 Å². The highest BCUT2D eigenvalue weighted by Crippen LogP contribution is 2.49. The third-order valence-corrected chi connectivity index (χ3v) is 4.28. The number of fused-ring (bicyclic) bond motifs is 1. The Balaban J connectivity index is 2.19. The molecule has 1 heterocycles. The zero-order valence-electron chi connectivity index (χ0n) is 9.53. The van der Waals surface area contributed by atoms with Gasteiger partial charge in [0.1, 0.15) is 0 Å². The van der Waals surface area contributed by atoms with E-state index in [4.69, 9.17) is 4.74 Å². The van der Waals surface area contributed by atoms with Gasteiger partial charge in [0, 0.05) is 6.61 Å². The highest BCUT2D eigenvalue weighted by atomic mass is 16.5. The first kappa shape index (κ1) is 10.9. The Morgan fingerprint density at radius 1 is 1.47 bits per heavy atom. The standard InChI is InChI=1S/C12H20O3/c1-8(2)9-3-4-10-12(7-9,11(13)14)5-6-15-10/h8-10H,3-7H2,1-2H3,(H,13,14)/t9-,10-,12+/m1/s1. The second-order valence-electron chi connectivity index (χ2n) is 5.36. The van der Waals surface area contributed by atoms with Crippen LogP contribution in [0.1, 0.15) is 39.5 Å². The average Bonchev–Trinajstić information content (AvgIpc) is 2.60. The fourth-order valence-electron chi connectivity index (χ4n) is 3.13. The van der Waals surface area contributed by atoms with E-state index >= 15 is 0 Å².